The molecule has 0 radical (unpaired) electrons. The van der Waals surface area contributed by atoms with E-state index in [-0.39, 0.29) is 6.04 Å². The van der Waals surface area contributed by atoms with Gasteiger partial charge >= 0.3 is 0 Å². The van der Waals surface area contributed by atoms with Crippen LogP contribution < -0.4 is 5.32 Å². The lowest BCUT2D eigenvalue weighted by Crippen LogP contribution is -2.29. The second-order valence-electron chi connectivity index (χ2n) is 5.50. The molecule has 4 heteroatoms. The third kappa shape index (κ3) is 3.14. The summed E-state index contributed by atoms with van der Waals surface area (Å²) in [5.41, 5.74) is 2.61. The molecule has 0 amide bonds. The number of hydrogen-bond acceptors (Lipinski definition) is 2. The van der Waals surface area contributed by atoms with E-state index in [4.69, 9.17) is 23.2 Å². The number of hydrogen-bond donors (Lipinski definition) is 1. The molecule has 1 heterocycles. The first kappa shape index (κ1) is 15.4. The monoisotopic (exact) mass is 339 g/mol. The predicted octanol–water partition coefficient (Wildman–Crippen LogP) is 5.83. The van der Waals surface area contributed by atoms with E-state index in [0.29, 0.717) is 5.92 Å². The third-order valence-corrected chi connectivity index (χ3v) is 5.79. The van der Waals surface area contributed by atoms with Crippen molar-refractivity contribution in [2.24, 2.45) is 0 Å². The van der Waals surface area contributed by atoms with Crippen molar-refractivity contribution >= 4 is 34.5 Å². The molecule has 1 aliphatic rings. The minimum Gasteiger partial charge on any atom is -0.310 e. The van der Waals surface area contributed by atoms with Gasteiger partial charge in [-0.1, -0.05) is 30.1 Å². The molecule has 0 bridgehead atoms. The molecule has 1 aromatic heterocycles. The molecule has 112 valence electrons. The highest BCUT2D eigenvalue weighted by molar-refractivity contribution is 7.10. The van der Waals surface area contributed by atoms with Crippen molar-refractivity contribution in [3.63, 3.8) is 0 Å². The largest absolute Gasteiger partial charge is 0.310 e. The minimum atomic E-state index is 0.231. The van der Waals surface area contributed by atoms with Gasteiger partial charge in [-0.2, -0.15) is 0 Å². The van der Waals surface area contributed by atoms with Crippen LogP contribution in [0.15, 0.2) is 29.6 Å². The van der Waals surface area contributed by atoms with E-state index in [1.54, 1.807) is 0 Å². The summed E-state index contributed by atoms with van der Waals surface area (Å²) in [5.74, 6) is 0.482. The number of fused-ring (bicyclic) bond motifs is 1. The van der Waals surface area contributed by atoms with Crippen molar-refractivity contribution < 1.29 is 0 Å². The lowest BCUT2D eigenvalue weighted by molar-refractivity contribution is 0.411. The zero-order valence-corrected chi connectivity index (χ0v) is 14.4. The first-order valence-corrected chi connectivity index (χ1v) is 9.09. The average Bonchev–Trinajstić information content (AvgIpc) is 2.96. The summed E-state index contributed by atoms with van der Waals surface area (Å²) in [6.07, 6.45) is 3.66. The van der Waals surface area contributed by atoms with E-state index < -0.39 is 0 Å². The number of nitrogens with one attached hydrogen (secondary N) is 1. The molecule has 0 saturated heterocycles. The quantitative estimate of drug-likeness (QED) is 0.739. The number of rotatable bonds is 4. The minimum absolute atomic E-state index is 0.231. The van der Waals surface area contributed by atoms with Gasteiger partial charge in [-0.3, -0.25) is 0 Å². The molecule has 0 aliphatic heterocycles. The molecule has 2 atom stereocenters. The summed E-state index contributed by atoms with van der Waals surface area (Å²) in [4.78, 5) is 1.53. The summed E-state index contributed by atoms with van der Waals surface area (Å²) in [6.45, 7) is 3.06. The van der Waals surface area contributed by atoms with E-state index in [1.807, 2.05) is 29.5 Å². The van der Waals surface area contributed by atoms with Crippen LogP contribution in [0.4, 0.5) is 0 Å². The van der Waals surface area contributed by atoms with E-state index in [1.165, 1.54) is 29.7 Å². The van der Waals surface area contributed by atoms with Gasteiger partial charge in [0, 0.05) is 26.9 Å². The number of benzene rings is 1. The van der Waals surface area contributed by atoms with Crippen molar-refractivity contribution in [2.45, 2.75) is 38.1 Å². The Morgan fingerprint density at radius 2 is 2.19 bits per heavy atom. The highest BCUT2D eigenvalue weighted by atomic mass is 35.5. The summed E-state index contributed by atoms with van der Waals surface area (Å²) in [5, 5.41) is 7.39. The number of halogens is 2. The van der Waals surface area contributed by atoms with Gasteiger partial charge < -0.3 is 5.32 Å². The van der Waals surface area contributed by atoms with Crippen LogP contribution in [0.5, 0.6) is 0 Å². The molecule has 2 aromatic rings. The molecule has 1 nitrogen and oxygen atoms in total. The maximum absolute atomic E-state index is 6.45. The third-order valence-electron chi connectivity index (χ3n) is 4.22. The molecular formula is C17H19Cl2NS. The lowest BCUT2D eigenvalue weighted by Gasteiger charge is -2.32. The number of thiophene rings is 1. The highest BCUT2D eigenvalue weighted by Crippen LogP contribution is 2.44. The standard InChI is InChI=1S/C17H19Cl2NS/c1-2-20-17(14-10-11(18)6-7-15(14)19)13-4-3-5-16-12(13)8-9-21-16/h6-10,13,17,20H,2-5H2,1H3. The first-order valence-electron chi connectivity index (χ1n) is 7.45. The molecule has 1 aliphatic carbocycles. The van der Waals surface area contributed by atoms with Crippen molar-refractivity contribution in [2.75, 3.05) is 6.54 Å². The topological polar surface area (TPSA) is 12.0 Å². The van der Waals surface area contributed by atoms with Gasteiger partial charge in [-0.25, -0.2) is 0 Å². The second kappa shape index (κ2) is 6.70. The van der Waals surface area contributed by atoms with Crippen LogP contribution in [0.2, 0.25) is 10.0 Å². The van der Waals surface area contributed by atoms with Crippen LogP contribution in [0.3, 0.4) is 0 Å². The van der Waals surface area contributed by atoms with Gasteiger partial charge in [0.1, 0.15) is 0 Å². The van der Waals surface area contributed by atoms with E-state index in [2.05, 4.69) is 23.7 Å². The van der Waals surface area contributed by atoms with Gasteiger partial charge in [-0.05, 0) is 66.6 Å². The van der Waals surface area contributed by atoms with Crippen molar-refractivity contribution in [1.82, 2.24) is 5.32 Å². The molecule has 0 fully saturated rings. The summed E-state index contributed by atoms with van der Waals surface area (Å²) in [6, 6.07) is 8.29. The zero-order valence-electron chi connectivity index (χ0n) is 12.0. The molecule has 0 spiro atoms. The summed E-state index contributed by atoms with van der Waals surface area (Å²) < 4.78 is 0. The van der Waals surface area contributed by atoms with Crippen molar-refractivity contribution in [1.29, 1.82) is 0 Å². The molecule has 21 heavy (non-hydrogen) atoms. The normalized spacial score (nSPS) is 19.3. The van der Waals surface area contributed by atoms with Gasteiger partial charge in [0.15, 0.2) is 0 Å². The Morgan fingerprint density at radius 3 is 3.00 bits per heavy atom. The van der Waals surface area contributed by atoms with Gasteiger partial charge in [0.25, 0.3) is 0 Å². The van der Waals surface area contributed by atoms with Gasteiger partial charge in [0.2, 0.25) is 0 Å². The smallest absolute Gasteiger partial charge is 0.0455 e. The number of likely N-dealkylation sites (N-methyl/N-ethyl adjacent to an activating group) is 1. The SMILES string of the molecule is CCNC(c1cc(Cl)ccc1Cl)C1CCCc2sccc21. The van der Waals surface area contributed by atoms with Crippen LogP contribution in [0, 0.1) is 0 Å². The van der Waals surface area contributed by atoms with E-state index in [9.17, 15) is 0 Å². The Morgan fingerprint density at radius 1 is 1.33 bits per heavy atom. The van der Waals surface area contributed by atoms with Crippen LogP contribution in [-0.4, -0.2) is 6.54 Å². The highest BCUT2D eigenvalue weighted by Gasteiger charge is 2.30. The van der Waals surface area contributed by atoms with Crippen LogP contribution in [0.25, 0.3) is 0 Å². The molecule has 3 rings (SSSR count). The fourth-order valence-corrected chi connectivity index (χ4v) is 4.72. The Balaban J connectivity index is 2.01. The Hall–Kier alpha value is -0.540. The molecular weight excluding hydrogens is 321 g/mol. The fourth-order valence-electron chi connectivity index (χ4n) is 3.31. The molecule has 0 saturated carbocycles. The fraction of sp³-hybridized carbons (Fsp3) is 0.412. The Kier molecular flexibility index (Phi) is 4.90. The average molecular weight is 340 g/mol. The van der Waals surface area contributed by atoms with E-state index in [0.717, 1.165) is 22.2 Å². The van der Waals surface area contributed by atoms with Crippen LogP contribution >= 0.6 is 34.5 Å². The van der Waals surface area contributed by atoms with Crippen molar-refractivity contribution in [3.8, 4) is 0 Å². The summed E-state index contributed by atoms with van der Waals surface area (Å²) in [7, 11) is 0. The maximum atomic E-state index is 6.45. The Bertz CT molecular complexity index is 623. The number of aryl methyl sites for hydroxylation is 1. The van der Waals surface area contributed by atoms with Crippen molar-refractivity contribution in [3.05, 3.63) is 55.7 Å². The lowest BCUT2D eigenvalue weighted by atomic mass is 9.80. The molecule has 2 unspecified atom stereocenters. The van der Waals surface area contributed by atoms with Crippen LogP contribution in [-0.2, 0) is 6.42 Å². The predicted molar refractivity (Wildman–Crippen MR) is 92.9 cm³/mol. The maximum Gasteiger partial charge on any atom is 0.0455 e. The first-order chi connectivity index (χ1) is 10.2. The Labute approximate surface area is 140 Å². The molecule has 1 N–H and O–H groups in total. The zero-order chi connectivity index (χ0) is 14.8. The molecule has 1 aromatic carbocycles. The second-order valence-corrected chi connectivity index (χ2v) is 7.34. The van der Waals surface area contributed by atoms with E-state index >= 15 is 0 Å². The van der Waals surface area contributed by atoms with Gasteiger partial charge in [0.05, 0.1) is 0 Å². The van der Waals surface area contributed by atoms with Gasteiger partial charge in [-0.15, -0.1) is 11.3 Å². The van der Waals surface area contributed by atoms with Crippen LogP contribution in [0.1, 0.15) is 47.7 Å². The summed E-state index contributed by atoms with van der Waals surface area (Å²) >= 11 is 14.5.